The minimum atomic E-state index is -0.313. The first-order chi connectivity index (χ1) is 14.4. The number of carbonyl (C=O) groups is 2. The molecule has 0 aliphatic carbocycles. The molecule has 5 heteroatoms. The maximum Gasteiger partial charge on any atom is 0.237 e. The maximum absolute atomic E-state index is 13.8. The Kier molecular flexibility index (Phi) is 3.67. The SMILES string of the molecule is CC12CN3CC(C)(CN(C1)C3[C@H]1C(=O)N(Cc3ccccc3)c3ccccc31)C2=O. The zero-order chi connectivity index (χ0) is 20.7. The normalized spacial score (nSPS) is 38.9. The van der Waals surface area contributed by atoms with Gasteiger partial charge in [0.1, 0.15) is 5.78 Å². The molecule has 0 spiro atoms. The van der Waals surface area contributed by atoms with Crippen LogP contribution in [0.4, 0.5) is 5.69 Å². The van der Waals surface area contributed by atoms with Gasteiger partial charge in [0.25, 0.3) is 0 Å². The third-order valence-electron chi connectivity index (χ3n) is 7.63. The summed E-state index contributed by atoms with van der Waals surface area (Å²) in [6, 6.07) is 18.4. The predicted octanol–water partition coefficient (Wildman–Crippen LogP) is 2.87. The van der Waals surface area contributed by atoms with Crippen LogP contribution < -0.4 is 4.90 Å². The number of benzene rings is 2. The highest BCUT2D eigenvalue weighted by Crippen LogP contribution is 2.52. The third-order valence-corrected chi connectivity index (χ3v) is 7.63. The average molecular weight is 402 g/mol. The summed E-state index contributed by atoms with van der Waals surface area (Å²) in [5.74, 6) is 0.385. The first kappa shape index (κ1) is 18.3. The zero-order valence-corrected chi connectivity index (χ0v) is 17.5. The molecule has 0 aromatic heterocycles. The Morgan fingerprint density at radius 3 is 2.03 bits per heavy atom. The highest BCUT2D eigenvalue weighted by atomic mass is 16.2. The van der Waals surface area contributed by atoms with Gasteiger partial charge in [0.2, 0.25) is 5.91 Å². The minimum absolute atomic E-state index is 0.0358. The number of para-hydroxylation sites is 1. The molecule has 0 saturated carbocycles. The summed E-state index contributed by atoms with van der Waals surface area (Å²) in [6.07, 6.45) is 0.0358. The lowest BCUT2D eigenvalue weighted by Gasteiger charge is -2.65. The quantitative estimate of drug-likeness (QED) is 0.793. The second-order valence-corrected chi connectivity index (χ2v) is 10.1. The van der Waals surface area contributed by atoms with Crippen molar-refractivity contribution in [1.82, 2.24) is 9.80 Å². The molecule has 0 N–H and O–H groups in total. The maximum atomic E-state index is 13.8. The molecule has 5 aliphatic heterocycles. The van der Waals surface area contributed by atoms with Gasteiger partial charge < -0.3 is 4.90 Å². The first-order valence-electron chi connectivity index (χ1n) is 10.9. The lowest BCUT2D eigenvalue weighted by Crippen LogP contribution is -2.79. The van der Waals surface area contributed by atoms with Gasteiger partial charge in [-0.05, 0) is 17.2 Å². The van der Waals surface area contributed by atoms with Crippen LogP contribution in [0.15, 0.2) is 54.6 Å². The molecule has 1 atom stereocenters. The fraction of sp³-hybridized carbons (Fsp3) is 0.440. The Morgan fingerprint density at radius 2 is 1.40 bits per heavy atom. The van der Waals surface area contributed by atoms with Gasteiger partial charge >= 0.3 is 0 Å². The van der Waals surface area contributed by atoms with Gasteiger partial charge in [-0.3, -0.25) is 19.4 Å². The van der Waals surface area contributed by atoms with Crippen molar-refractivity contribution in [3.8, 4) is 0 Å². The van der Waals surface area contributed by atoms with Gasteiger partial charge in [-0.15, -0.1) is 0 Å². The van der Waals surface area contributed by atoms with E-state index in [0.29, 0.717) is 12.3 Å². The van der Waals surface area contributed by atoms with E-state index in [4.69, 9.17) is 0 Å². The summed E-state index contributed by atoms with van der Waals surface area (Å²) in [6.45, 7) is 7.83. The van der Waals surface area contributed by atoms with Gasteiger partial charge in [0.15, 0.2) is 0 Å². The van der Waals surface area contributed by atoms with Gasteiger partial charge in [0.05, 0.1) is 29.5 Å². The van der Waals surface area contributed by atoms with Crippen molar-refractivity contribution in [2.75, 3.05) is 31.1 Å². The molecule has 0 radical (unpaired) electrons. The number of anilines is 1. The molecular formula is C25H27N3O2. The van der Waals surface area contributed by atoms with E-state index in [1.54, 1.807) is 0 Å². The van der Waals surface area contributed by atoms with Crippen molar-refractivity contribution in [3.63, 3.8) is 0 Å². The molecule has 5 nitrogen and oxygen atoms in total. The van der Waals surface area contributed by atoms with E-state index in [1.807, 2.05) is 35.2 Å². The summed E-state index contributed by atoms with van der Waals surface area (Å²) < 4.78 is 0. The number of ketones is 1. The summed E-state index contributed by atoms with van der Waals surface area (Å²) in [5, 5.41) is 0. The van der Waals surface area contributed by atoms with E-state index < -0.39 is 0 Å². The van der Waals surface area contributed by atoms with Crippen LogP contribution in [0.1, 0.15) is 30.9 Å². The molecular weight excluding hydrogens is 374 g/mol. The number of hydrogen-bond donors (Lipinski definition) is 0. The van der Waals surface area contributed by atoms with Crippen molar-refractivity contribution in [3.05, 3.63) is 65.7 Å². The van der Waals surface area contributed by atoms with Crippen molar-refractivity contribution in [2.24, 2.45) is 10.8 Å². The molecule has 1 amide bonds. The summed E-state index contributed by atoms with van der Waals surface area (Å²) in [7, 11) is 0. The molecule has 7 rings (SSSR count). The standard InChI is InChI=1S/C25H27N3O2/c1-24-13-26-15-25(2,23(24)30)16-27(14-24)21(26)20-18-10-6-7-11-19(18)28(22(20)29)12-17-8-4-3-5-9-17/h3-11,20-21H,12-16H2,1-2H3/t20-,21?,24?,25?/m0/s1. The number of nitrogens with zero attached hydrogens (tertiary/aromatic N) is 3. The molecule has 2 aromatic rings. The monoisotopic (exact) mass is 401 g/mol. The molecule has 5 heterocycles. The Balaban J connectivity index is 1.38. The molecule has 4 fully saturated rings. The first-order valence-corrected chi connectivity index (χ1v) is 10.9. The Hall–Kier alpha value is -2.50. The van der Waals surface area contributed by atoms with Crippen molar-refractivity contribution in [1.29, 1.82) is 0 Å². The average Bonchev–Trinajstić information content (AvgIpc) is 2.98. The van der Waals surface area contributed by atoms with E-state index in [1.165, 1.54) is 0 Å². The molecule has 2 aromatic carbocycles. The van der Waals surface area contributed by atoms with E-state index in [-0.39, 0.29) is 28.8 Å². The number of fused-ring (bicyclic) bond motifs is 1. The topological polar surface area (TPSA) is 43.9 Å². The smallest absolute Gasteiger partial charge is 0.237 e. The fourth-order valence-electron chi connectivity index (χ4n) is 6.68. The highest BCUT2D eigenvalue weighted by Gasteiger charge is 2.64. The highest BCUT2D eigenvalue weighted by molar-refractivity contribution is 6.05. The lowest BCUT2D eigenvalue weighted by atomic mass is 9.61. The van der Waals surface area contributed by atoms with Crippen LogP contribution in [0, 0.1) is 10.8 Å². The Bertz CT molecular complexity index is 1010. The van der Waals surface area contributed by atoms with Crippen molar-refractivity contribution < 1.29 is 9.59 Å². The van der Waals surface area contributed by atoms with Gasteiger partial charge in [-0.1, -0.05) is 62.4 Å². The molecule has 4 saturated heterocycles. The molecule has 0 unspecified atom stereocenters. The molecule has 4 bridgehead atoms. The summed E-state index contributed by atoms with van der Waals surface area (Å²) in [4.78, 5) is 33.6. The number of carbonyl (C=O) groups excluding carboxylic acids is 2. The lowest BCUT2D eigenvalue weighted by molar-refractivity contribution is -0.198. The van der Waals surface area contributed by atoms with Gasteiger partial charge in [-0.25, -0.2) is 0 Å². The molecule has 154 valence electrons. The number of rotatable bonds is 3. The van der Waals surface area contributed by atoms with Crippen LogP contribution in [0.2, 0.25) is 0 Å². The van der Waals surface area contributed by atoms with E-state index in [2.05, 4.69) is 47.9 Å². The number of Topliss-reactive ketones (excluding diaryl/α,β-unsaturated/α-hetero) is 1. The molecule has 30 heavy (non-hydrogen) atoms. The van der Waals surface area contributed by atoms with Crippen LogP contribution in [-0.2, 0) is 16.1 Å². The Labute approximate surface area is 177 Å². The van der Waals surface area contributed by atoms with E-state index in [0.717, 1.165) is 43.0 Å². The molecule has 5 aliphatic rings. The van der Waals surface area contributed by atoms with Crippen molar-refractivity contribution in [2.45, 2.75) is 32.5 Å². The number of amides is 1. The fourth-order valence-corrected chi connectivity index (χ4v) is 6.68. The number of hydrogen-bond acceptors (Lipinski definition) is 4. The van der Waals surface area contributed by atoms with E-state index >= 15 is 0 Å². The Morgan fingerprint density at radius 1 is 0.833 bits per heavy atom. The van der Waals surface area contributed by atoms with Crippen molar-refractivity contribution >= 4 is 17.4 Å². The number of piperidine rings is 2. The van der Waals surface area contributed by atoms with Crippen LogP contribution in [-0.4, -0.2) is 53.8 Å². The summed E-state index contributed by atoms with van der Waals surface area (Å²) in [5.41, 5.74) is 2.66. The van der Waals surface area contributed by atoms with Crippen LogP contribution in [0.5, 0.6) is 0 Å². The largest absolute Gasteiger partial charge is 0.307 e. The third kappa shape index (κ3) is 2.36. The second kappa shape index (κ2) is 6.02. The van der Waals surface area contributed by atoms with Gasteiger partial charge in [0, 0.05) is 31.9 Å². The van der Waals surface area contributed by atoms with Crippen LogP contribution in [0.3, 0.4) is 0 Å². The van der Waals surface area contributed by atoms with Crippen LogP contribution >= 0.6 is 0 Å². The minimum Gasteiger partial charge on any atom is -0.307 e. The zero-order valence-electron chi connectivity index (χ0n) is 17.5. The van der Waals surface area contributed by atoms with E-state index in [9.17, 15) is 9.59 Å². The second-order valence-electron chi connectivity index (χ2n) is 10.1. The van der Waals surface area contributed by atoms with Gasteiger partial charge in [-0.2, -0.15) is 0 Å². The predicted molar refractivity (Wildman–Crippen MR) is 115 cm³/mol. The van der Waals surface area contributed by atoms with Crippen LogP contribution in [0.25, 0.3) is 0 Å². The summed E-state index contributed by atoms with van der Waals surface area (Å²) >= 11 is 0.